The van der Waals surface area contributed by atoms with Gasteiger partial charge in [-0.3, -0.25) is 0 Å². The van der Waals surface area contributed by atoms with Crippen LogP contribution in [0, 0.1) is 5.92 Å². The zero-order valence-corrected chi connectivity index (χ0v) is 12.9. The molecule has 2 nitrogen and oxygen atoms in total. The maximum Gasteiger partial charge on any atom is 0.0494 e. The van der Waals surface area contributed by atoms with E-state index in [1.165, 1.54) is 16.5 Å². The van der Waals surface area contributed by atoms with Gasteiger partial charge in [-0.2, -0.15) is 0 Å². The molecule has 0 aliphatic carbocycles. The minimum atomic E-state index is 0.201. The second kappa shape index (κ2) is 5.45. The fraction of sp³-hybridized carbons (Fsp3) is 0.467. The van der Waals surface area contributed by atoms with Gasteiger partial charge < -0.3 is 10.3 Å². The number of hydrogen-bond acceptors (Lipinski definition) is 1. The standard InChI is InChI=1S/C15H21BrN2/c1-10(2)8-18-9-12(6-11(3)17)14-5-4-13(16)7-15(14)18/h4-5,7,9-11H,6,8,17H2,1-3H3. The van der Waals surface area contributed by atoms with Crippen LogP contribution in [0.4, 0.5) is 0 Å². The maximum absolute atomic E-state index is 5.94. The molecule has 98 valence electrons. The molecule has 0 radical (unpaired) electrons. The van der Waals surface area contributed by atoms with Crippen LogP contribution in [0.3, 0.4) is 0 Å². The van der Waals surface area contributed by atoms with Crippen molar-refractivity contribution < 1.29 is 0 Å². The van der Waals surface area contributed by atoms with Crippen molar-refractivity contribution in [1.29, 1.82) is 0 Å². The zero-order valence-electron chi connectivity index (χ0n) is 11.3. The third-order valence-corrected chi connectivity index (χ3v) is 3.52. The van der Waals surface area contributed by atoms with Crippen molar-refractivity contribution in [2.24, 2.45) is 11.7 Å². The number of benzene rings is 1. The SMILES string of the molecule is CC(C)Cn1cc(CC(C)N)c2ccc(Br)cc21. The molecule has 0 aliphatic rings. The molecule has 1 unspecified atom stereocenters. The van der Waals surface area contributed by atoms with Gasteiger partial charge in [-0.25, -0.2) is 0 Å². The highest BCUT2D eigenvalue weighted by Gasteiger charge is 2.11. The van der Waals surface area contributed by atoms with Gasteiger partial charge in [0.05, 0.1) is 0 Å². The molecule has 0 spiro atoms. The molecular formula is C15H21BrN2. The molecule has 18 heavy (non-hydrogen) atoms. The van der Waals surface area contributed by atoms with Crippen molar-refractivity contribution in [3.05, 3.63) is 34.4 Å². The summed E-state index contributed by atoms with van der Waals surface area (Å²) in [5.41, 5.74) is 8.59. The highest BCUT2D eigenvalue weighted by atomic mass is 79.9. The van der Waals surface area contributed by atoms with Gasteiger partial charge in [0.25, 0.3) is 0 Å². The topological polar surface area (TPSA) is 30.9 Å². The lowest BCUT2D eigenvalue weighted by Crippen LogP contribution is -2.17. The van der Waals surface area contributed by atoms with Gasteiger partial charge in [0.2, 0.25) is 0 Å². The second-order valence-electron chi connectivity index (χ2n) is 5.54. The minimum absolute atomic E-state index is 0.201. The first kappa shape index (κ1) is 13.6. The van der Waals surface area contributed by atoms with Crippen LogP contribution in [0.25, 0.3) is 10.9 Å². The Bertz CT molecular complexity index is 541. The first-order chi connectivity index (χ1) is 8.47. The average molecular weight is 309 g/mol. The summed E-state index contributed by atoms with van der Waals surface area (Å²) in [5.74, 6) is 0.641. The van der Waals surface area contributed by atoms with Crippen LogP contribution in [-0.2, 0) is 13.0 Å². The van der Waals surface area contributed by atoms with E-state index < -0.39 is 0 Å². The Hall–Kier alpha value is -0.800. The minimum Gasteiger partial charge on any atom is -0.347 e. The molecule has 2 N–H and O–H groups in total. The van der Waals surface area contributed by atoms with Crippen molar-refractivity contribution in [3.8, 4) is 0 Å². The number of fused-ring (bicyclic) bond motifs is 1. The molecule has 0 amide bonds. The lowest BCUT2D eigenvalue weighted by atomic mass is 10.1. The molecule has 3 heteroatoms. The van der Waals surface area contributed by atoms with Crippen LogP contribution in [0.1, 0.15) is 26.3 Å². The van der Waals surface area contributed by atoms with E-state index >= 15 is 0 Å². The monoisotopic (exact) mass is 308 g/mol. The fourth-order valence-corrected chi connectivity index (χ4v) is 2.74. The van der Waals surface area contributed by atoms with Crippen LogP contribution in [0.15, 0.2) is 28.9 Å². The smallest absolute Gasteiger partial charge is 0.0494 e. The van der Waals surface area contributed by atoms with E-state index in [-0.39, 0.29) is 6.04 Å². The number of nitrogens with zero attached hydrogens (tertiary/aromatic N) is 1. The molecule has 1 atom stereocenters. The van der Waals surface area contributed by atoms with Crippen molar-refractivity contribution in [2.75, 3.05) is 0 Å². The quantitative estimate of drug-likeness (QED) is 0.911. The average Bonchev–Trinajstić information content (AvgIpc) is 2.54. The molecule has 1 heterocycles. The Morgan fingerprint density at radius 1 is 1.28 bits per heavy atom. The predicted octanol–water partition coefficient (Wildman–Crippen LogP) is 3.95. The third kappa shape index (κ3) is 2.96. The highest BCUT2D eigenvalue weighted by Crippen LogP contribution is 2.26. The van der Waals surface area contributed by atoms with Crippen LogP contribution in [0.5, 0.6) is 0 Å². The Balaban J connectivity index is 2.52. The summed E-state index contributed by atoms with van der Waals surface area (Å²) < 4.78 is 3.48. The molecule has 0 aliphatic heterocycles. The van der Waals surface area contributed by atoms with Crippen LogP contribution >= 0.6 is 15.9 Å². The second-order valence-corrected chi connectivity index (χ2v) is 6.46. The highest BCUT2D eigenvalue weighted by molar-refractivity contribution is 9.10. The van der Waals surface area contributed by atoms with Gasteiger partial charge >= 0.3 is 0 Å². The molecule has 0 saturated heterocycles. The van der Waals surface area contributed by atoms with Gasteiger partial charge in [0.15, 0.2) is 0 Å². The molecular weight excluding hydrogens is 288 g/mol. The van der Waals surface area contributed by atoms with Crippen molar-refractivity contribution in [2.45, 2.75) is 39.8 Å². The van der Waals surface area contributed by atoms with Crippen molar-refractivity contribution in [1.82, 2.24) is 4.57 Å². The molecule has 1 aromatic carbocycles. The lowest BCUT2D eigenvalue weighted by molar-refractivity contribution is 0.534. The van der Waals surface area contributed by atoms with Crippen LogP contribution < -0.4 is 5.73 Å². The Morgan fingerprint density at radius 3 is 2.61 bits per heavy atom. The number of rotatable bonds is 4. The first-order valence-corrected chi connectivity index (χ1v) is 7.29. The van der Waals surface area contributed by atoms with E-state index in [2.05, 4.69) is 65.7 Å². The summed E-state index contributed by atoms with van der Waals surface area (Å²) >= 11 is 3.55. The zero-order chi connectivity index (χ0) is 13.3. The Kier molecular flexibility index (Phi) is 4.13. The molecule has 0 bridgehead atoms. The van der Waals surface area contributed by atoms with Gasteiger partial charge in [-0.15, -0.1) is 0 Å². The van der Waals surface area contributed by atoms with Gasteiger partial charge in [0.1, 0.15) is 0 Å². The molecule has 0 fully saturated rings. The van der Waals surface area contributed by atoms with Gasteiger partial charge in [0, 0.05) is 34.2 Å². The summed E-state index contributed by atoms with van der Waals surface area (Å²) in [6.07, 6.45) is 3.20. The summed E-state index contributed by atoms with van der Waals surface area (Å²) in [5, 5.41) is 1.33. The molecule has 0 saturated carbocycles. The van der Waals surface area contributed by atoms with E-state index in [4.69, 9.17) is 5.73 Å². The van der Waals surface area contributed by atoms with Gasteiger partial charge in [-0.05, 0) is 37.0 Å². The molecule has 2 aromatic rings. The van der Waals surface area contributed by atoms with E-state index in [1.54, 1.807) is 0 Å². The van der Waals surface area contributed by atoms with Gasteiger partial charge in [-0.1, -0.05) is 35.8 Å². The summed E-state index contributed by atoms with van der Waals surface area (Å²) in [4.78, 5) is 0. The maximum atomic E-state index is 5.94. The molecule has 2 rings (SSSR count). The van der Waals surface area contributed by atoms with Crippen molar-refractivity contribution in [3.63, 3.8) is 0 Å². The lowest BCUT2D eigenvalue weighted by Gasteiger charge is -2.08. The Morgan fingerprint density at radius 2 is 2.00 bits per heavy atom. The summed E-state index contributed by atoms with van der Waals surface area (Å²) in [7, 11) is 0. The summed E-state index contributed by atoms with van der Waals surface area (Å²) in [6.45, 7) is 7.60. The van der Waals surface area contributed by atoms with E-state index in [9.17, 15) is 0 Å². The van der Waals surface area contributed by atoms with E-state index in [0.717, 1.165) is 17.4 Å². The van der Waals surface area contributed by atoms with Crippen molar-refractivity contribution >= 4 is 26.8 Å². The van der Waals surface area contributed by atoms with E-state index in [0.29, 0.717) is 5.92 Å². The third-order valence-electron chi connectivity index (χ3n) is 3.03. The fourth-order valence-electron chi connectivity index (χ4n) is 2.40. The largest absolute Gasteiger partial charge is 0.347 e. The van der Waals surface area contributed by atoms with E-state index in [1.807, 2.05) is 0 Å². The summed E-state index contributed by atoms with van der Waals surface area (Å²) in [6, 6.07) is 6.69. The number of halogens is 1. The predicted molar refractivity (Wildman–Crippen MR) is 81.8 cm³/mol. The number of nitrogens with two attached hydrogens (primary N) is 1. The molecule has 1 aromatic heterocycles. The number of hydrogen-bond donors (Lipinski definition) is 1. The van der Waals surface area contributed by atoms with Crippen LogP contribution in [-0.4, -0.2) is 10.6 Å². The normalized spacial score (nSPS) is 13.4. The first-order valence-electron chi connectivity index (χ1n) is 6.50. The Labute approximate surface area is 117 Å². The van der Waals surface area contributed by atoms with Crippen LogP contribution in [0.2, 0.25) is 0 Å². The number of aromatic nitrogens is 1.